The lowest BCUT2D eigenvalue weighted by Gasteiger charge is -2.05. The van der Waals surface area contributed by atoms with E-state index in [-0.39, 0.29) is 5.88 Å². The molecule has 0 fully saturated rings. The summed E-state index contributed by atoms with van der Waals surface area (Å²) in [4.78, 5) is 25.8. The summed E-state index contributed by atoms with van der Waals surface area (Å²) >= 11 is 5.22. The van der Waals surface area contributed by atoms with Gasteiger partial charge in [0.25, 0.3) is 0 Å². The van der Waals surface area contributed by atoms with Gasteiger partial charge in [-0.1, -0.05) is 0 Å². The number of imide groups is 1. The van der Waals surface area contributed by atoms with Gasteiger partial charge in [0.15, 0.2) is 0 Å². The molecule has 1 heterocycles. The van der Waals surface area contributed by atoms with Crippen LogP contribution in [0, 0.1) is 0 Å². The molecule has 0 unspecified atom stereocenters. The van der Waals surface area contributed by atoms with E-state index in [9.17, 15) is 9.59 Å². The molecular formula is C9H10ClN3O3. The van der Waals surface area contributed by atoms with Crippen LogP contribution in [0.15, 0.2) is 18.3 Å². The van der Waals surface area contributed by atoms with Crippen LogP contribution < -0.4 is 15.4 Å². The molecule has 0 radical (unpaired) electrons. The summed E-state index contributed by atoms with van der Waals surface area (Å²) in [5, 5.41) is 4.44. The van der Waals surface area contributed by atoms with Gasteiger partial charge in [0.05, 0.1) is 19.0 Å². The maximum absolute atomic E-state index is 11.2. The fourth-order valence-corrected chi connectivity index (χ4v) is 0.964. The topological polar surface area (TPSA) is 80.3 Å². The number of urea groups is 1. The molecule has 0 saturated carbocycles. The molecule has 0 aliphatic rings. The smallest absolute Gasteiger partial charge is 0.325 e. The minimum atomic E-state index is -0.655. The summed E-state index contributed by atoms with van der Waals surface area (Å²) in [5.74, 6) is -0.405. The van der Waals surface area contributed by atoms with E-state index in [0.29, 0.717) is 11.6 Å². The Morgan fingerprint density at radius 3 is 2.75 bits per heavy atom. The van der Waals surface area contributed by atoms with Crippen LogP contribution in [0.3, 0.4) is 0 Å². The second-order valence-electron chi connectivity index (χ2n) is 2.73. The van der Waals surface area contributed by atoms with Crippen LogP contribution in [0.5, 0.6) is 5.88 Å². The minimum absolute atomic E-state index is 0.270. The molecule has 2 N–H and O–H groups in total. The first-order valence-corrected chi connectivity index (χ1v) is 4.86. The molecule has 0 aromatic carbocycles. The number of pyridine rings is 1. The number of ether oxygens (including phenoxy) is 1. The quantitative estimate of drug-likeness (QED) is 0.776. The fraction of sp³-hybridized carbons (Fsp3) is 0.222. The molecular weight excluding hydrogens is 234 g/mol. The Labute approximate surface area is 97.0 Å². The predicted octanol–water partition coefficient (Wildman–Crippen LogP) is 0.977. The van der Waals surface area contributed by atoms with E-state index in [2.05, 4.69) is 10.3 Å². The molecule has 16 heavy (non-hydrogen) atoms. The molecule has 7 heteroatoms. The van der Waals surface area contributed by atoms with Gasteiger partial charge in [0, 0.05) is 6.07 Å². The van der Waals surface area contributed by atoms with Gasteiger partial charge in [-0.05, 0) is 6.07 Å². The number of aromatic nitrogens is 1. The van der Waals surface area contributed by atoms with E-state index in [1.54, 1.807) is 12.1 Å². The van der Waals surface area contributed by atoms with Gasteiger partial charge < -0.3 is 10.1 Å². The molecule has 0 atom stereocenters. The van der Waals surface area contributed by atoms with Crippen molar-refractivity contribution >= 4 is 29.2 Å². The summed E-state index contributed by atoms with van der Waals surface area (Å²) < 4.78 is 4.85. The van der Waals surface area contributed by atoms with Gasteiger partial charge in [-0.2, -0.15) is 0 Å². The molecule has 0 saturated heterocycles. The number of amides is 3. The van der Waals surface area contributed by atoms with Crippen LogP contribution >= 0.6 is 11.6 Å². The predicted molar refractivity (Wildman–Crippen MR) is 58.7 cm³/mol. The first kappa shape index (κ1) is 12.3. The minimum Gasteiger partial charge on any atom is -0.481 e. The van der Waals surface area contributed by atoms with E-state index in [1.165, 1.54) is 13.3 Å². The van der Waals surface area contributed by atoms with Gasteiger partial charge in [-0.25, -0.2) is 9.78 Å². The van der Waals surface area contributed by atoms with Crippen LogP contribution in [-0.2, 0) is 4.79 Å². The number of methoxy groups -OCH3 is 1. The zero-order valence-electron chi connectivity index (χ0n) is 8.49. The van der Waals surface area contributed by atoms with Crippen molar-refractivity contribution in [2.24, 2.45) is 0 Å². The lowest BCUT2D eigenvalue weighted by Crippen LogP contribution is -2.35. The van der Waals surface area contributed by atoms with E-state index >= 15 is 0 Å². The summed E-state index contributed by atoms with van der Waals surface area (Å²) in [5.41, 5.74) is 0.445. The Bertz CT molecular complexity index is 380. The highest BCUT2D eigenvalue weighted by Gasteiger charge is 2.06. The molecule has 1 aromatic heterocycles. The van der Waals surface area contributed by atoms with Crippen LogP contribution in [0.4, 0.5) is 10.5 Å². The van der Waals surface area contributed by atoms with Crippen molar-refractivity contribution < 1.29 is 14.3 Å². The highest BCUT2D eigenvalue weighted by Crippen LogP contribution is 2.10. The van der Waals surface area contributed by atoms with Gasteiger partial charge >= 0.3 is 6.03 Å². The molecule has 1 aromatic rings. The van der Waals surface area contributed by atoms with E-state index in [0.717, 1.165) is 0 Å². The number of nitrogens with one attached hydrogen (secondary N) is 2. The Hall–Kier alpha value is -1.82. The Morgan fingerprint density at radius 1 is 1.50 bits per heavy atom. The van der Waals surface area contributed by atoms with Gasteiger partial charge in [-0.15, -0.1) is 11.6 Å². The van der Waals surface area contributed by atoms with Gasteiger partial charge in [-0.3, -0.25) is 10.1 Å². The number of carbonyl (C=O) groups excluding carboxylic acids is 2. The van der Waals surface area contributed by atoms with Crippen LogP contribution in [0.25, 0.3) is 0 Å². The number of nitrogens with zero attached hydrogens (tertiary/aromatic N) is 1. The number of carbonyl (C=O) groups is 2. The van der Waals surface area contributed by atoms with Crippen molar-refractivity contribution in [1.82, 2.24) is 10.3 Å². The highest BCUT2D eigenvalue weighted by atomic mass is 35.5. The normalized spacial score (nSPS) is 9.38. The number of hydrogen-bond donors (Lipinski definition) is 2. The SMILES string of the molecule is COc1ccc(NC(=O)NC(=O)CCl)cn1. The van der Waals surface area contributed by atoms with Gasteiger partial charge in [0.1, 0.15) is 5.88 Å². The first-order valence-electron chi connectivity index (χ1n) is 4.32. The lowest BCUT2D eigenvalue weighted by atomic mass is 10.4. The van der Waals surface area contributed by atoms with E-state index in [1.807, 2.05) is 5.32 Å². The van der Waals surface area contributed by atoms with Crippen molar-refractivity contribution in [3.8, 4) is 5.88 Å². The Kier molecular flexibility index (Phi) is 4.53. The van der Waals surface area contributed by atoms with Crippen molar-refractivity contribution in [2.75, 3.05) is 18.3 Å². The Balaban J connectivity index is 2.52. The van der Waals surface area contributed by atoms with Gasteiger partial charge in [0.2, 0.25) is 11.8 Å². The van der Waals surface area contributed by atoms with E-state index in [4.69, 9.17) is 16.3 Å². The third-order valence-corrected chi connectivity index (χ3v) is 1.82. The highest BCUT2D eigenvalue weighted by molar-refractivity contribution is 6.28. The maximum atomic E-state index is 11.2. The molecule has 0 aliphatic heterocycles. The van der Waals surface area contributed by atoms with Crippen molar-refractivity contribution in [1.29, 1.82) is 0 Å². The standard InChI is InChI=1S/C9H10ClN3O3/c1-16-8-3-2-6(5-11-8)12-9(15)13-7(14)4-10/h2-3,5H,4H2,1H3,(H2,12,13,14,15). The number of hydrogen-bond acceptors (Lipinski definition) is 4. The molecule has 3 amide bonds. The first-order chi connectivity index (χ1) is 7.65. The molecule has 86 valence electrons. The summed E-state index contributed by atoms with van der Waals surface area (Å²) in [7, 11) is 1.49. The summed E-state index contributed by atoms with van der Waals surface area (Å²) in [6, 6.07) is 2.52. The molecule has 6 nitrogen and oxygen atoms in total. The molecule has 1 rings (SSSR count). The zero-order valence-corrected chi connectivity index (χ0v) is 9.25. The number of anilines is 1. The zero-order chi connectivity index (χ0) is 12.0. The number of alkyl halides is 1. The second-order valence-corrected chi connectivity index (χ2v) is 2.99. The molecule has 0 spiro atoms. The largest absolute Gasteiger partial charge is 0.481 e. The summed E-state index contributed by atoms with van der Waals surface area (Å²) in [6.45, 7) is 0. The number of rotatable bonds is 3. The number of halogens is 1. The lowest BCUT2D eigenvalue weighted by molar-refractivity contribution is -0.117. The van der Waals surface area contributed by atoms with Crippen molar-refractivity contribution in [3.05, 3.63) is 18.3 Å². The van der Waals surface area contributed by atoms with Crippen LogP contribution in [0.1, 0.15) is 0 Å². The third kappa shape index (κ3) is 3.74. The monoisotopic (exact) mass is 243 g/mol. The van der Waals surface area contributed by atoms with Crippen molar-refractivity contribution in [3.63, 3.8) is 0 Å². The molecule has 0 aliphatic carbocycles. The van der Waals surface area contributed by atoms with E-state index < -0.39 is 11.9 Å². The average molecular weight is 244 g/mol. The van der Waals surface area contributed by atoms with Crippen molar-refractivity contribution in [2.45, 2.75) is 0 Å². The summed E-state index contributed by atoms with van der Waals surface area (Å²) in [6.07, 6.45) is 1.41. The fourth-order valence-electron chi connectivity index (χ4n) is 0.897. The maximum Gasteiger partial charge on any atom is 0.325 e. The Morgan fingerprint density at radius 2 is 2.25 bits per heavy atom. The van der Waals surface area contributed by atoms with Crippen LogP contribution in [-0.4, -0.2) is 29.9 Å². The average Bonchev–Trinajstić information content (AvgIpc) is 2.29. The second kappa shape index (κ2) is 5.92. The molecule has 0 bridgehead atoms. The third-order valence-electron chi connectivity index (χ3n) is 1.58. The van der Waals surface area contributed by atoms with Crippen LogP contribution in [0.2, 0.25) is 0 Å².